The van der Waals surface area contributed by atoms with Gasteiger partial charge in [0, 0.05) is 6.54 Å². The van der Waals surface area contributed by atoms with E-state index in [1.165, 1.54) is 5.06 Å². The Labute approximate surface area is 124 Å². The molecule has 0 aromatic heterocycles. The summed E-state index contributed by atoms with van der Waals surface area (Å²) in [4.78, 5) is 18.0. The van der Waals surface area contributed by atoms with Crippen molar-refractivity contribution in [3.05, 3.63) is 66.2 Å². The van der Waals surface area contributed by atoms with Crippen molar-refractivity contribution in [1.82, 2.24) is 5.32 Å². The minimum absolute atomic E-state index is 0.0377. The first-order valence-corrected chi connectivity index (χ1v) is 7.02. The van der Waals surface area contributed by atoms with E-state index in [4.69, 9.17) is 4.84 Å². The molecular weight excluding hydrogens is 264 g/mol. The third kappa shape index (κ3) is 3.12. The van der Waals surface area contributed by atoms with Gasteiger partial charge in [-0.2, -0.15) is 5.06 Å². The Morgan fingerprint density at radius 2 is 1.71 bits per heavy atom. The molecule has 1 aliphatic rings. The van der Waals surface area contributed by atoms with E-state index in [2.05, 4.69) is 5.32 Å². The lowest BCUT2D eigenvalue weighted by Crippen LogP contribution is -2.42. The Balaban J connectivity index is 1.68. The van der Waals surface area contributed by atoms with Gasteiger partial charge in [0.15, 0.2) is 5.72 Å². The van der Waals surface area contributed by atoms with Gasteiger partial charge in [0.2, 0.25) is 0 Å². The number of benzene rings is 2. The highest BCUT2D eigenvalue weighted by Gasteiger charge is 2.41. The summed E-state index contributed by atoms with van der Waals surface area (Å²) >= 11 is 0. The quantitative estimate of drug-likeness (QED) is 0.937. The summed E-state index contributed by atoms with van der Waals surface area (Å²) in [6.45, 7) is 2.56. The highest BCUT2D eigenvalue weighted by atomic mass is 16.7. The van der Waals surface area contributed by atoms with Crippen LogP contribution in [-0.2, 0) is 16.2 Å². The van der Waals surface area contributed by atoms with Crippen molar-refractivity contribution >= 4 is 11.6 Å². The molecule has 3 rings (SSSR count). The number of nitrogens with one attached hydrogen (secondary N) is 1. The molecule has 1 aliphatic heterocycles. The maximum Gasteiger partial charge on any atom is 0.255 e. The summed E-state index contributed by atoms with van der Waals surface area (Å²) in [6, 6.07) is 19.5. The number of amides is 1. The molecule has 0 saturated carbocycles. The van der Waals surface area contributed by atoms with Crippen molar-refractivity contribution in [3.63, 3.8) is 0 Å². The minimum atomic E-state index is -0.678. The van der Waals surface area contributed by atoms with E-state index in [0.29, 0.717) is 13.0 Å². The van der Waals surface area contributed by atoms with Gasteiger partial charge in [0.1, 0.15) is 0 Å². The summed E-state index contributed by atoms with van der Waals surface area (Å²) < 4.78 is 0. The van der Waals surface area contributed by atoms with Crippen LogP contribution >= 0.6 is 0 Å². The molecule has 0 radical (unpaired) electrons. The second-order valence-corrected chi connectivity index (χ2v) is 5.36. The SMILES string of the molecule is CC1(NCc2ccccc2)CC(=O)N(c2ccccc2)O1. The van der Waals surface area contributed by atoms with Crippen molar-refractivity contribution in [2.24, 2.45) is 0 Å². The molecule has 1 fully saturated rings. The van der Waals surface area contributed by atoms with Gasteiger partial charge in [-0.15, -0.1) is 0 Å². The molecule has 0 bridgehead atoms. The van der Waals surface area contributed by atoms with E-state index in [9.17, 15) is 4.79 Å². The van der Waals surface area contributed by atoms with E-state index in [1.807, 2.05) is 67.6 Å². The lowest BCUT2D eigenvalue weighted by molar-refractivity contribution is -0.119. The Morgan fingerprint density at radius 3 is 2.38 bits per heavy atom. The molecule has 4 nitrogen and oxygen atoms in total. The summed E-state index contributed by atoms with van der Waals surface area (Å²) in [6.07, 6.45) is 0.314. The molecule has 1 heterocycles. The number of hydroxylamine groups is 1. The third-order valence-electron chi connectivity index (χ3n) is 3.51. The fourth-order valence-electron chi connectivity index (χ4n) is 2.38. The Hall–Kier alpha value is -2.17. The summed E-state index contributed by atoms with van der Waals surface area (Å²) in [5.41, 5.74) is 1.24. The number of hydrogen-bond donors (Lipinski definition) is 1. The van der Waals surface area contributed by atoms with Gasteiger partial charge in [-0.05, 0) is 24.6 Å². The number of para-hydroxylation sites is 1. The fraction of sp³-hybridized carbons (Fsp3) is 0.235. The van der Waals surface area contributed by atoms with Crippen LogP contribution in [0.1, 0.15) is 18.9 Å². The van der Waals surface area contributed by atoms with Crippen LogP contribution in [0.4, 0.5) is 5.69 Å². The smallest absolute Gasteiger partial charge is 0.255 e. The van der Waals surface area contributed by atoms with E-state index in [1.54, 1.807) is 0 Å². The molecule has 0 spiro atoms. The van der Waals surface area contributed by atoms with Crippen LogP contribution in [0, 0.1) is 0 Å². The topological polar surface area (TPSA) is 41.6 Å². The van der Waals surface area contributed by atoms with Crippen molar-refractivity contribution < 1.29 is 9.63 Å². The zero-order valence-corrected chi connectivity index (χ0v) is 12.0. The zero-order valence-electron chi connectivity index (χ0n) is 12.0. The van der Waals surface area contributed by atoms with Crippen molar-refractivity contribution in [1.29, 1.82) is 0 Å². The summed E-state index contributed by atoms with van der Waals surface area (Å²) in [7, 11) is 0. The van der Waals surface area contributed by atoms with Crippen molar-refractivity contribution in [2.45, 2.75) is 25.6 Å². The average molecular weight is 282 g/mol. The largest absolute Gasteiger partial charge is 0.283 e. The van der Waals surface area contributed by atoms with E-state index >= 15 is 0 Å². The third-order valence-corrected chi connectivity index (χ3v) is 3.51. The normalized spacial score (nSPS) is 21.8. The second kappa shape index (κ2) is 5.68. The molecule has 0 aliphatic carbocycles. The first kappa shape index (κ1) is 13.8. The predicted molar refractivity (Wildman–Crippen MR) is 81.3 cm³/mol. The van der Waals surface area contributed by atoms with Crippen LogP contribution in [0.5, 0.6) is 0 Å². The van der Waals surface area contributed by atoms with Crippen LogP contribution < -0.4 is 10.4 Å². The standard InChI is InChI=1S/C17H18N2O2/c1-17(18-13-14-8-4-2-5-9-14)12-16(20)19(21-17)15-10-6-3-7-11-15/h2-11,18H,12-13H2,1H3. The molecule has 1 N–H and O–H groups in total. The zero-order chi connectivity index (χ0) is 14.7. The molecular formula is C17H18N2O2. The molecule has 21 heavy (non-hydrogen) atoms. The van der Waals surface area contributed by atoms with E-state index < -0.39 is 5.72 Å². The lowest BCUT2D eigenvalue weighted by atomic mass is 10.1. The van der Waals surface area contributed by atoms with E-state index in [-0.39, 0.29) is 5.91 Å². The Kier molecular flexibility index (Phi) is 3.73. The Morgan fingerprint density at radius 1 is 1.10 bits per heavy atom. The monoisotopic (exact) mass is 282 g/mol. The molecule has 1 atom stereocenters. The molecule has 108 valence electrons. The van der Waals surface area contributed by atoms with E-state index in [0.717, 1.165) is 11.3 Å². The molecule has 1 amide bonds. The first-order chi connectivity index (χ1) is 10.2. The van der Waals surface area contributed by atoms with Crippen LogP contribution in [0.15, 0.2) is 60.7 Å². The number of rotatable bonds is 4. The molecule has 2 aromatic rings. The van der Waals surface area contributed by atoms with Gasteiger partial charge in [-0.3, -0.25) is 10.1 Å². The van der Waals surface area contributed by atoms with Gasteiger partial charge in [-0.25, -0.2) is 4.84 Å². The highest BCUT2D eigenvalue weighted by Crippen LogP contribution is 2.29. The number of carbonyl (C=O) groups is 1. The van der Waals surface area contributed by atoms with Crippen LogP contribution in [0.25, 0.3) is 0 Å². The maximum atomic E-state index is 12.2. The van der Waals surface area contributed by atoms with Crippen molar-refractivity contribution in [2.75, 3.05) is 5.06 Å². The number of hydrogen-bond acceptors (Lipinski definition) is 3. The number of anilines is 1. The average Bonchev–Trinajstić information content (AvgIpc) is 2.83. The summed E-state index contributed by atoms with van der Waals surface area (Å²) in [5, 5.41) is 4.69. The number of carbonyl (C=O) groups excluding carboxylic acids is 1. The maximum absolute atomic E-state index is 12.2. The molecule has 2 aromatic carbocycles. The van der Waals surface area contributed by atoms with Gasteiger partial charge < -0.3 is 0 Å². The van der Waals surface area contributed by atoms with Crippen molar-refractivity contribution in [3.8, 4) is 0 Å². The lowest BCUT2D eigenvalue weighted by Gasteiger charge is -2.25. The van der Waals surface area contributed by atoms with Gasteiger partial charge in [-0.1, -0.05) is 48.5 Å². The molecule has 1 saturated heterocycles. The summed E-state index contributed by atoms with van der Waals surface area (Å²) in [5.74, 6) is -0.0377. The first-order valence-electron chi connectivity index (χ1n) is 7.02. The van der Waals surface area contributed by atoms with Crippen LogP contribution in [0.2, 0.25) is 0 Å². The van der Waals surface area contributed by atoms with Gasteiger partial charge >= 0.3 is 0 Å². The van der Waals surface area contributed by atoms with Gasteiger partial charge in [0.25, 0.3) is 5.91 Å². The highest BCUT2D eigenvalue weighted by molar-refractivity contribution is 5.93. The Bertz CT molecular complexity index is 615. The fourth-order valence-corrected chi connectivity index (χ4v) is 2.38. The second-order valence-electron chi connectivity index (χ2n) is 5.36. The van der Waals surface area contributed by atoms with Crippen LogP contribution in [0.3, 0.4) is 0 Å². The predicted octanol–water partition coefficient (Wildman–Crippen LogP) is 2.86. The number of nitrogens with zero attached hydrogens (tertiary/aromatic N) is 1. The molecule has 1 unspecified atom stereocenters. The minimum Gasteiger partial charge on any atom is -0.283 e. The van der Waals surface area contributed by atoms with Crippen LogP contribution in [-0.4, -0.2) is 11.6 Å². The molecule has 4 heteroatoms. The van der Waals surface area contributed by atoms with Gasteiger partial charge in [0.05, 0.1) is 12.1 Å².